The highest BCUT2D eigenvalue weighted by Crippen LogP contribution is 2.53. The molecule has 2 aliphatic rings. The highest BCUT2D eigenvalue weighted by atomic mass is 35.5. The number of nitriles is 1. The Morgan fingerprint density at radius 2 is 1.70 bits per heavy atom. The monoisotopic (exact) mass is 737 g/mol. The number of halogens is 7. The molecule has 0 radical (unpaired) electrons. The lowest BCUT2D eigenvalue weighted by molar-refractivity contribution is -0.192. The number of hydrogen-bond acceptors (Lipinski definition) is 5. The Balaban J connectivity index is 0.000000727. The maximum Gasteiger partial charge on any atom is 0.490 e. The van der Waals surface area contributed by atoms with E-state index in [2.05, 4.69) is 48.3 Å². The molecular formula is C36H34Cl2F5N3O4. The van der Waals surface area contributed by atoms with Crippen molar-refractivity contribution in [2.75, 3.05) is 13.1 Å². The number of carboxylic acids is 2. The molecule has 0 spiro atoms. The maximum absolute atomic E-state index is 15.8. The highest BCUT2D eigenvalue weighted by Gasteiger charge is 2.61. The summed E-state index contributed by atoms with van der Waals surface area (Å²) >= 11 is 12.2. The number of benzene rings is 3. The highest BCUT2D eigenvalue weighted by molar-refractivity contribution is 6.31. The molecule has 2 heterocycles. The van der Waals surface area contributed by atoms with Crippen molar-refractivity contribution in [1.29, 1.82) is 5.26 Å². The summed E-state index contributed by atoms with van der Waals surface area (Å²) in [6, 6.07) is 18.6. The van der Waals surface area contributed by atoms with Gasteiger partial charge in [-0.3, -0.25) is 15.0 Å². The van der Waals surface area contributed by atoms with Gasteiger partial charge in [-0.2, -0.15) is 18.4 Å². The fraction of sp³-hybridized carbons (Fsp3) is 0.361. The van der Waals surface area contributed by atoms with Gasteiger partial charge in [0.2, 0.25) is 0 Å². The summed E-state index contributed by atoms with van der Waals surface area (Å²) in [6.45, 7) is 6.52. The lowest BCUT2D eigenvalue weighted by Gasteiger charge is -2.40. The molecule has 5 rings (SSSR count). The molecule has 266 valence electrons. The molecule has 0 bridgehead atoms. The molecule has 1 saturated heterocycles. The Labute approximate surface area is 295 Å². The largest absolute Gasteiger partial charge is 0.490 e. The van der Waals surface area contributed by atoms with Gasteiger partial charge in [0.05, 0.1) is 11.1 Å². The van der Waals surface area contributed by atoms with Crippen LogP contribution in [0.25, 0.3) is 0 Å². The molecule has 0 aliphatic carbocycles. The van der Waals surface area contributed by atoms with E-state index in [-0.39, 0.29) is 21.2 Å². The van der Waals surface area contributed by atoms with Gasteiger partial charge in [-0.1, -0.05) is 97.2 Å². The van der Waals surface area contributed by atoms with Gasteiger partial charge in [0.15, 0.2) is 0 Å². The fourth-order valence-corrected chi connectivity index (χ4v) is 7.22. The number of carbonyl (C=O) groups is 2. The Hall–Kier alpha value is -4.02. The molecular weight excluding hydrogens is 704 g/mol. The number of carboxylic acid groups (broad SMARTS) is 2. The van der Waals surface area contributed by atoms with Crippen molar-refractivity contribution in [3.8, 4) is 6.07 Å². The van der Waals surface area contributed by atoms with Crippen molar-refractivity contribution in [3.63, 3.8) is 0 Å². The van der Waals surface area contributed by atoms with Crippen LogP contribution in [0.2, 0.25) is 10.0 Å². The molecule has 3 aromatic carbocycles. The standard InChI is InChI=1S/C34H33Cl2F2N3O2.C2HF3O2/c1-33(2,22-13-15-41(16-14-22)19-21-7-4-3-5-8-21)18-28-34(20-39,25-12-11-23(35)17-27(25)37)29(31(40-28)32(42)43)24-9-6-10-26(36)30(24)38;3-2(4,5)1(6)7/h3-13,17,28-29,31,40H,14-16,18-19H2,1-2H3,(H,42,43);(H,6,7). The summed E-state index contributed by atoms with van der Waals surface area (Å²) in [6.07, 6.45) is -1.80. The molecule has 14 heteroatoms. The normalized spacial score (nSPS) is 22.6. The van der Waals surface area contributed by atoms with E-state index in [0.717, 1.165) is 32.1 Å². The molecule has 1 fully saturated rings. The van der Waals surface area contributed by atoms with Gasteiger partial charge in [-0.05, 0) is 47.6 Å². The quantitative estimate of drug-likeness (QED) is 0.158. The van der Waals surface area contributed by atoms with Gasteiger partial charge in [0.1, 0.15) is 23.1 Å². The third-order valence-corrected chi connectivity index (χ3v) is 9.79. The zero-order valence-electron chi connectivity index (χ0n) is 26.9. The van der Waals surface area contributed by atoms with Crippen LogP contribution in [0.15, 0.2) is 78.4 Å². The molecule has 0 amide bonds. The minimum absolute atomic E-state index is 0.0347. The van der Waals surface area contributed by atoms with Gasteiger partial charge in [0.25, 0.3) is 0 Å². The van der Waals surface area contributed by atoms with E-state index in [1.165, 1.54) is 41.5 Å². The van der Waals surface area contributed by atoms with Crippen LogP contribution in [0.3, 0.4) is 0 Å². The first kappa shape index (κ1) is 38.8. The molecule has 7 nitrogen and oxygen atoms in total. The zero-order valence-corrected chi connectivity index (χ0v) is 28.5. The van der Waals surface area contributed by atoms with Crippen molar-refractivity contribution >= 4 is 35.1 Å². The van der Waals surface area contributed by atoms with E-state index in [1.54, 1.807) is 0 Å². The number of aliphatic carboxylic acids is 2. The Morgan fingerprint density at radius 3 is 2.24 bits per heavy atom. The number of nitrogens with one attached hydrogen (secondary N) is 1. The second-order valence-electron chi connectivity index (χ2n) is 12.9. The van der Waals surface area contributed by atoms with Crippen LogP contribution >= 0.6 is 23.2 Å². The average molecular weight is 739 g/mol. The predicted molar refractivity (Wildman–Crippen MR) is 178 cm³/mol. The molecule has 4 unspecified atom stereocenters. The van der Waals surface area contributed by atoms with E-state index < -0.39 is 58.6 Å². The first-order valence-corrected chi connectivity index (χ1v) is 16.2. The van der Waals surface area contributed by atoms with Gasteiger partial charge < -0.3 is 10.2 Å². The van der Waals surface area contributed by atoms with Crippen molar-refractivity contribution in [2.24, 2.45) is 5.41 Å². The van der Waals surface area contributed by atoms with E-state index in [9.17, 15) is 28.3 Å². The predicted octanol–water partition coefficient (Wildman–Crippen LogP) is 8.12. The van der Waals surface area contributed by atoms with Gasteiger partial charge in [0, 0.05) is 42.2 Å². The molecule has 0 saturated carbocycles. The third-order valence-electron chi connectivity index (χ3n) is 9.27. The molecule has 2 aliphatic heterocycles. The minimum atomic E-state index is -5.08. The van der Waals surface area contributed by atoms with Crippen LogP contribution in [0.4, 0.5) is 22.0 Å². The van der Waals surface area contributed by atoms with Crippen molar-refractivity contribution in [3.05, 3.63) is 117 Å². The fourth-order valence-electron chi connectivity index (χ4n) is 6.88. The van der Waals surface area contributed by atoms with Crippen LogP contribution in [0.5, 0.6) is 0 Å². The Morgan fingerprint density at radius 1 is 1.04 bits per heavy atom. The second kappa shape index (κ2) is 15.5. The third kappa shape index (κ3) is 8.29. The summed E-state index contributed by atoms with van der Waals surface area (Å²) < 4.78 is 63.1. The van der Waals surface area contributed by atoms with Gasteiger partial charge in [-0.15, -0.1) is 0 Å². The molecule has 50 heavy (non-hydrogen) atoms. The minimum Gasteiger partial charge on any atom is -0.480 e. The topological polar surface area (TPSA) is 114 Å². The van der Waals surface area contributed by atoms with E-state index >= 15 is 8.78 Å². The summed E-state index contributed by atoms with van der Waals surface area (Å²) in [5.41, 5.74) is 0.0221. The first-order chi connectivity index (χ1) is 23.4. The molecule has 4 atom stereocenters. The molecule has 0 aromatic heterocycles. The van der Waals surface area contributed by atoms with Gasteiger partial charge in [-0.25, -0.2) is 13.6 Å². The zero-order chi connectivity index (χ0) is 37.0. The number of nitrogens with zero attached hydrogens (tertiary/aromatic N) is 2. The van der Waals surface area contributed by atoms with E-state index in [4.69, 9.17) is 33.1 Å². The second-order valence-corrected chi connectivity index (χ2v) is 13.7. The number of rotatable bonds is 8. The van der Waals surface area contributed by atoms with Crippen LogP contribution in [0.1, 0.15) is 49.3 Å². The summed E-state index contributed by atoms with van der Waals surface area (Å²) in [5, 5.41) is 31.5. The maximum atomic E-state index is 15.8. The van der Waals surface area contributed by atoms with E-state index in [0.29, 0.717) is 6.42 Å². The Bertz CT molecular complexity index is 1800. The number of alkyl halides is 3. The van der Waals surface area contributed by atoms with Crippen LogP contribution in [0, 0.1) is 28.4 Å². The smallest absolute Gasteiger partial charge is 0.480 e. The SMILES string of the molecule is CC(C)(CC1NC(C(=O)O)C(c2cccc(Cl)c2F)C1(C#N)c1ccc(Cl)cc1F)C1=CCN(Cc2ccccc2)CC1.O=C(O)C(F)(F)F. The summed E-state index contributed by atoms with van der Waals surface area (Å²) in [4.78, 5) is 23.9. The van der Waals surface area contributed by atoms with Crippen molar-refractivity contribution in [2.45, 2.75) is 62.8 Å². The lowest BCUT2D eigenvalue weighted by atomic mass is 9.61. The van der Waals surface area contributed by atoms with Crippen LogP contribution in [-0.2, 0) is 21.5 Å². The first-order valence-electron chi connectivity index (χ1n) is 15.5. The van der Waals surface area contributed by atoms with E-state index in [1.807, 2.05) is 18.2 Å². The van der Waals surface area contributed by atoms with Crippen molar-refractivity contribution in [1.82, 2.24) is 10.2 Å². The van der Waals surface area contributed by atoms with Gasteiger partial charge >= 0.3 is 18.1 Å². The summed E-state index contributed by atoms with van der Waals surface area (Å²) in [5.74, 6) is -6.90. The van der Waals surface area contributed by atoms with Crippen LogP contribution in [-0.4, -0.2) is 58.4 Å². The average Bonchev–Trinajstić information content (AvgIpc) is 3.37. The molecule has 3 N–H and O–H groups in total. The Kier molecular flexibility index (Phi) is 12.0. The van der Waals surface area contributed by atoms with Crippen molar-refractivity contribution < 1.29 is 41.8 Å². The molecule has 3 aromatic rings. The number of hydrogen-bond donors (Lipinski definition) is 3. The lowest BCUT2D eigenvalue weighted by Crippen LogP contribution is -2.46. The summed E-state index contributed by atoms with van der Waals surface area (Å²) in [7, 11) is 0. The van der Waals surface area contributed by atoms with Crippen LogP contribution < -0.4 is 5.32 Å².